The van der Waals surface area contributed by atoms with Gasteiger partial charge in [0.2, 0.25) is 0 Å². The molecular formula is C14H28N2O. The topological polar surface area (TPSA) is 38.5 Å². The lowest BCUT2D eigenvalue weighted by molar-refractivity contribution is -0.101. The first-order valence-corrected chi connectivity index (χ1v) is 6.97. The van der Waals surface area contributed by atoms with Crippen molar-refractivity contribution in [2.75, 3.05) is 19.6 Å². The smallest absolute Gasteiger partial charge is 0.0678 e. The fourth-order valence-corrected chi connectivity index (χ4v) is 3.78. The van der Waals surface area contributed by atoms with Gasteiger partial charge in [0.25, 0.3) is 0 Å². The lowest BCUT2D eigenvalue weighted by Crippen LogP contribution is -2.59. The fourth-order valence-electron chi connectivity index (χ4n) is 3.78. The molecule has 100 valence electrons. The molecule has 2 rings (SSSR count). The number of morpholine rings is 1. The number of nitrogens with zero attached hydrogens (tertiary/aromatic N) is 1. The number of rotatable bonds is 2. The van der Waals surface area contributed by atoms with E-state index in [1.54, 1.807) is 0 Å². The molecular weight excluding hydrogens is 212 g/mol. The largest absolute Gasteiger partial charge is 0.373 e. The van der Waals surface area contributed by atoms with E-state index in [0.29, 0.717) is 17.6 Å². The Morgan fingerprint density at radius 1 is 1.18 bits per heavy atom. The molecule has 3 nitrogen and oxygen atoms in total. The molecule has 17 heavy (non-hydrogen) atoms. The number of hydrogen-bond acceptors (Lipinski definition) is 3. The molecule has 0 aromatic rings. The highest BCUT2D eigenvalue weighted by atomic mass is 16.5. The molecule has 1 aliphatic heterocycles. The highest BCUT2D eigenvalue weighted by Crippen LogP contribution is 2.46. The van der Waals surface area contributed by atoms with Crippen LogP contribution in [-0.2, 0) is 4.74 Å². The van der Waals surface area contributed by atoms with Crippen molar-refractivity contribution >= 4 is 0 Å². The maximum Gasteiger partial charge on any atom is 0.0678 e. The van der Waals surface area contributed by atoms with Crippen LogP contribution >= 0.6 is 0 Å². The van der Waals surface area contributed by atoms with Gasteiger partial charge in [-0.05, 0) is 38.5 Å². The van der Waals surface area contributed by atoms with E-state index >= 15 is 0 Å². The van der Waals surface area contributed by atoms with Crippen LogP contribution in [0.1, 0.15) is 47.0 Å². The molecule has 3 atom stereocenters. The molecule has 0 amide bonds. The Kier molecular flexibility index (Phi) is 3.54. The van der Waals surface area contributed by atoms with E-state index in [0.717, 1.165) is 19.6 Å². The summed E-state index contributed by atoms with van der Waals surface area (Å²) in [7, 11) is 0. The molecule has 0 radical (unpaired) electrons. The van der Waals surface area contributed by atoms with Gasteiger partial charge < -0.3 is 10.5 Å². The molecule has 0 aromatic carbocycles. The Morgan fingerprint density at radius 2 is 1.76 bits per heavy atom. The van der Waals surface area contributed by atoms with Gasteiger partial charge >= 0.3 is 0 Å². The van der Waals surface area contributed by atoms with Gasteiger partial charge in [-0.25, -0.2) is 0 Å². The van der Waals surface area contributed by atoms with E-state index in [4.69, 9.17) is 10.5 Å². The van der Waals surface area contributed by atoms with Crippen LogP contribution in [0.4, 0.5) is 0 Å². The van der Waals surface area contributed by atoms with Crippen molar-refractivity contribution in [1.29, 1.82) is 0 Å². The first-order valence-electron chi connectivity index (χ1n) is 6.97. The Balaban J connectivity index is 2.13. The van der Waals surface area contributed by atoms with Crippen molar-refractivity contribution in [3.05, 3.63) is 0 Å². The van der Waals surface area contributed by atoms with Gasteiger partial charge in [-0.3, -0.25) is 4.90 Å². The zero-order valence-corrected chi connectivity index (χ0v) is 11.8. The third-order valence-electron chi connectivity index (χ3n) is 4.55. The van der Waals surface area contributed by atoms with E-state index in [-0.39, 0.29) is 5.54 Å². The predicted octanol–water partition coefficient (Wildman–Crippen LogP) is 2.00. The number of ether oxygens (including phenoxy) is 1. The second-order valence-corrected chi connectivity index (χ2v) is 6.93. The second-order valence-electron chi connectivity index (χ2n) is 6.93. The van der Waals surface area contributed by atoms with Crippen LogP contribution in [-0.4, -0.2) is 42.3 Å². The first kappa shape index (κ1) is 13.3. The van der Waals surface area contributed by atoms with E-state index < -0.39 is 0 Å². The Morgan fingerprint density at radius 3 is 2.18 bits per heavy atom. The van der Waals surface area contributed by atoms with Crippen molar-refractivity contribution in [2.45, 2.75) is 64.7 Å². The van der Waals surface area contributed by atoms with E-state index in [1.165, 1.54) is 19.3 Å². The van der Waals surface area contributed by atoms with Gasteiger partial charge in [0.1, 0.15) is 0 Å². The lowest BCUT2D eigenvalue weighted by atomic mass is 9.86. The maximum atomic E-state index is 6.13. The molecule has 2 fully saturated rings. The first-order chi connectivity index (χ1) is 7.87. The van der Waals surface area contributed by atoms with Gasteiger partial charge in [0.15, 0.2) is 0 Å². The molecule has 2 N–H and O–H groups in total. The summed E-state index contributed by atoms with van der Waals surface area (Å²) >= 11 is 0. The Bertz CT molecular complexity index is 269. The molecule has 0 aromatic heterocycles. The van der Waals surface area contributed by atoms with Crippen molar-refractivity contribution in [3.63, 3.8) is 0 Å². The van der Waals surface area contributed by atoms with E-state index in [1.807, 2.05) is 0 Å². The summed E-state index contributed by atoms with van der Waals surface area (Å²) in [6, 6.07) is 0. The minimum atomic E-state index is 0.232. The van der Waals surface area contributed by atoms with Crippen molar-refractivity contribution in [3.8, 4) is 0 Å². The monoisotopic (exact) mass is 240 g/mol. The summed E-state index contributed by atoms with van der Waals surface area (Å²) in [5.74, 6) is 0. The second kappa shape index (κ2) is 4.52. The summed E-state index contributed by atoms with van der Waals surface area (Å²) in [5.41, 5.74) is 6.81. The summed E-state index contributed by atoms with van der Waals surface area (Å²) in [5, 5.41) is 0. The van der Waals surface area contributed by atoms with Crippen molar-refractivity contribution in [2.24, 2.45) is 11.1 Å². The van der Waals surface area contributed by atoms with Crippen molar-refractivity contribution < 1.29 is 4.74 Å². The average Bonchev–Trinajstić information content (AvgIpc) is 2.54. The summed E-state index contributed by atoms with van der Waals surface area (Å²) in [4.78, 5) is 2.61. The van der Waals surface area contributed by atoms with Crippen LogP contribution in [0.5, 0.6) is 0 Å². The molecule has 1 unspecified atom stereocenters. The number of hydrogen-bond donors (Lipinski definition) is 1. The zero-order chi connectivity index (χ0) is 12.7. The SMILES string of the molecule is C[C@@H]1CN(C2(CN)CCC(C)(C)C2)C[C@H](C)O1. The normalized spacial score (nSPS) is 42.9. The van der Waals surface area contributed by atoms with E-state index in [2.05, 4.69) is 32.6 Å². The molecule has 2 aliphatic rings. The lowest BCUT2D eigenvalue weighted by Gasteiger charge is -2.47. The highest BCUT2D eigenvalue weighted by molar-refractivity contribution is 5.03. The van der Waals surface area contributed by atoms with Crippen LogP contribution in [0, 0.1) is 5.41 Å². The molecule has 3 heteroatoms. The van der Waals surface area contributed by atoms with Gasteiger partial charge in [0.05, 0.1) is 12.2 Å². The minimum absolute atomic E-state index is 0.232. The summed E-state index contributed by atoms with van der Waals surface area (Å²) in [6.07, 6.45) is 4.45. The van der Waals surface area contributed by atoms with Crippen LogP contribution in [0.3, 0.4) is 0 Å². The van der Waals surface area contributed by atoms with Gasteiger partial charge in [-0.2, -0.15) is 0 Å². The quantitative estimate of drug-likeness (QED) is 0.802. The third kappa shape index (κ3) is 2.67. The fraction of sp³-hybridized carbons (Fsp3) is 1.00. The molecule has 0 spiro atoms. The zero-order valence-electron chi connectivity index (χ0n) is 11.8. The van der Waals surface area contributed by atoms with Gasteiger partial charge in [-0.1, -0.05) is 13.8 Å². The molecule has 1 saturated heterocycles. The van der Waals surface area contributed by atoms with Crippen LogP contribution in [0.15, 0.2) is 0 Å². The standard InChI is InChI=1S/C14H28N2O/c1-11-7-16(8-12(2)17-11)14(10-15)6-5-13(3,4)9-14/h11-12H,5-10,15H2,1-4H3/t11-,12+,14?. The minimum Gasteiger partial charge on any atom is -0.373 e. The average molecular weight is 240 g/mol. The molecule has 1 heterocycles. The molecule has 1 aliphatic carbocycles. The highest BCUT2D eigenvalue weighted by Gasteiger charge is 2.47. The molecule has 0 bridgehead atoms. The Hall–Kier alpha value is -0.120. The van der Waals surface area contributed by atoms with Crippen molar-refractivity contribution in [1.82, 2.24) is 4.90 Å². The maximum absolute atomic E-state index is 6.13. The van der Waals surface area contributed by atoms with E-state index in [9.17, 15) is 0 Å². The Labute approximate surface area is 106 Å². The van der Waals surface area contributed by atoms with Gasteiger partial charge in [-0.15, -0.1) is 0 Å². The summed E-state index contributed by atoms with van der Waals surface area (Å²) < 4.78 is 5.83. The van der Waals surface area contributed by atoms with Crippen LogP contribution < -0.4 is 5.73 Å². The predicted molar refractivity (Wildman–Crippen MR) is 71.0 cm³/mol. The van der Waals surface area contributed by atoms with Crippen LogP contribution in [0.2, 0.25) is 0 Å². The summed E-state index contributed by atoms with van der Waals surface area (Å²) in [6.45, 7) is 12.0. The van der Waals surface area contributed by atoms with Gasteiger partial charge in [0, 0.05) is 25.2 Å². The molecule has 1 saturated carbocycles. The van der Waals surface area contributed by atoms with Crippen LogP contribution in [0.25, 0.3) is 0 Å². The third-order valence-corrected chi connectivity index (χ3v) is 4.55. The number of nitrogens with two attached hydrogens (primary N) is 1.